The first-order valence-corrected chi connectivity index (χ1v) is 13.9. The maximum atomic E-state index is 13.7. The van der Waals surface area contributed by atoms with Crippen LogP contribution in [0.2, 0.25) is 0 Å². The Morgan fingerprint density at radius 2 is 1.79 bits per heavy atom. The second-order valence-corrected chi connectivity index (χ2v) is 10.7. The fourth-order valence-corrected chi connectivity index (χ4v) is 5.71. The molecule has 39 heavy (non-hydrogen) atoms. The average Bonchev–Trinajstić information content (AvgIpc) is 3.34. The van der Waals surface area contributed by atoms with Crippen molar-refractivity contribution in [3.63, 3.8) is 0 Å². The number of halogens is 1. The minimum atomic E-state index is -0.460. The van der Waals surface area contributed by atoms with Crippen LogP contribution in [0.1, 0.15) is 42.1 Å². The highest BCUT2D eigenvalue weighted by Gasteiger charge is 2.42. The predicted octanol–water partition coefficient (Wildman–Crippen LogP) is 7.60. The lowest BCUT2D eigenvalue weighted by atomic mass is 9.78. The molecule has 2 aliphatic rings. The van der Waals surface area contributed by atoms with Crippen LogP contribution < -0.4 is 4.74 Å². The lowest BCUT2D eigenvalue weighted by Gasteiger charge is -2.37. The fraction of sp³-hybridized carbons (Fsp3) is 0.250. The molecule has 6 nitrogen and oxygen atoms in total. The molecule has 0 spiro atoms. The summed E-state index contributed by atoms with van der Waals surface area (Å²) >= 11 is 3.43. The molecular formula is C32H27BrO6. The topological polar surface area (TPSA) is 75.0 Å². The minimum Gasteiger partial charge on any atom is -0.496 e. The Hall–Kier alpha value is -3.84. The van der Waals surface area contributed by atoms with Crippen molar-refractivity contribution in [3.8, 4) is 17.1 Å². The highest BCUT2D eigenvalue weighted by molar-refractivity contribution is 9.10. The number of hydrogen-bond donors (Lipinski definition) is 0. The first kappa shape index (κ1) is 25.4. The molecule has 3 atom stereocenters. The Morgan fingerprint density at radius 1 is 1.00 bits per heavy atom. The van der Waals surface area contributed by atoms with Crippen molar-refractivity contribution < 1.29 is 28.2 Å². The summed E-state index contributed by atoms with van der Waals surface area (Å²) in [5.41, 5.74) is 3.16. The smallest absolute Gasteiger partial charge is 0.343 e. The van der Waals surface area contributed by atoms with Gasteiger partial charge in [0, 0.05) is 21.8 Å². The molecule has 1 aliphatic heterocycles. The van der Waals surface area contributed by atoms with Crippen molar-refractivity contribution in [2.75, 3.05) is 6.61 Å². The summed E-state index contributed by atoms with van der Waals surface area (Å²) in [6.07, 6.45) is 2.47. The Labute approximate surface area is 234 Å². The molecule has 4 aromatic rings. The van der Waals surface area contributed by atoms with Gasteiger partial charge in [-0.2, -0.15) is 0 Å². The fourth-order valence-electron chi connectivity index (χ4n) is 5.44. The average molecular weight is 587 g/mol. The maximum absolute atomic E-state index is 13.7. The zero-order chi connectivity index (χ0) is 26.9. The molecule has 7 heteroatoms. The molecule has 1 saturated carbocycles. The standard InChI is InChI=1S/C32H27BrO6/c1-2-36-22-13-15-27-25(16-22)29(31(39-27)20-6-4-3-5-7-20)32(35)38-23-12-14-24-28(17-23)37-18-26(30(24)34)19-8-10-21(33)11-9-19/h3-11,13,15-16,18,23-24,28H,2,12,14,17H2,1H3. The van der Waals surface area contributed by atoms with Gasteiger partial charge in [-0.1, -0.05) is 58.4 Å². The van der Waals surface area contributed by atoms with Gasteiger partial charge < -0.3 is 18.6 Å². The molecule has 1 aromatic heterocycles. The zero-order valence-corrected chi connectivity index (χ0v) is 23.0. The lowest BCUT2D eigenvalue weighted by Crippen LogP contribution is -2.42. The van der Waals surface area contributed by atoms with Gasteiger partial charge in [0.2, 0.25) is 0 Å². The molecule has 1 aliphatic carbocycles. The third kappa shape index (κ3) is 4.99. The largest absolute Gasteiger partial charge is 0.496 e. The first-order valence-electron chi connectivity index (χ1n) is 13.1. The van der Waals surface area contributed by atoms with Gasteiger partial charge in [-0.05, 0) is 55.7 Å². The number of allylic oxidation sites excluding steroid dienone is 1. The zero-order valence-electron chi connectivity index (χ0n) is 21.4. The van der Waals surface area contributed by atoms with Gasteiger partial charge in [-0.15, -0.1) is 0 Å². The normalized spacial score (nSPS) is 20.6. The summed E-state index contributed by atoms with van der Waals surface area (Å²) in [7, 11) is 0. The second kappa shape index (κ2) is 10.7. The third-order valence-electron chi connectivity index (χ3n) is 7.35. The van der Waals surface area contributed by atoms with Crippen LogP contribution >= 0.6 is 15.9 Å². The van der Waals surface area contributed by atoms with Crippen molar-refractivity contribution in [2.24, 2.45) is 5.92 Å². The van der Waals surface area contributed by atoms with E-state index in [2.05, 4.69) is 15.9 Å². The van der Waals surface area contributed by atoms with E-state index in [1.165, 1.54) is 0 Å². The van der Waals surface area contributed by atoms with E-state index in [9.17, 15) is 9.59 Å². The van der Waals surface area contributed by atoms with Gasteiger partial charge >= 0.3 is 5.97 Å². The number of rotatable bonds is 6. The van der Waals surface area contributed by atoms with Gasteiger partial charge in [-0.25, -0.2) is 4.79 Å². The van der Waals surface area contributed by atoms with E-state index in [4.69, 9.17) is 18.6 Å². The van der Waals surface area contributed by atoms with Crippen LogP contribution in [0.4, 0.5) is 0 Å². The molecular weight excluding hydrogens is 560 g/mol. The Morgan fingerprint density at radius 3 is 2.56 bits per heavy atom. The second-order valence-electron chi connectivity index (χ2n) is 9.79. The predicted molar refractivity (Wildman–Crippen MR) is 151 cm³/mol. The maximum Gasteiger partial charge on any atom is 0.343 e. The molecule has 0 saturated heterocycles. The number of fused-ring (bicyclic) bond motifs is 2. The summed E-state index contributed by atoms with van der Waals surface area (Å²) in [6.45, 7) is 2.42. The monoisotopic (exact) mass is 586 g/mol. The highest BCUT2D eigenvalue weighted by atomic mass is 79.9. The van der Waals surface area contributed by atoms with E-state index in [0.29, 0.717) is 59.5 Å². The lowest BCUT2D eigenvalue weighted by molar-refractivity contribution is -0.126. The number of furan rings is 1. The molecule has 3 unspecified atom stereocenters. The van der Waals surface area contributed by atoms with E-state index in [1.54, 1.807) is 6.26 Å². The number of ketones is 1. The SMILES string of the molecule is CCOc1ccc2oc(-c3ccccc3)c(C(=O)OC3CCC4C(=O)C(c5ccc(Br)cc5)=COC4C3)c2c1. The molecule has 0 amide bonds. The molecule has 198 valence electrons. The summed E-state index contributed by atoms with van der Waals surface area (Å²) < 4.78 is 24.9. The minimum absolute atomic E-state index is 0.0778. The quantitative estimate of drug-likeness (QED) is 0.217. The number of esters is 1. The molecule has 1 fully saturated rings. The van der Waals surface area contributed by atoms with Crippen LogP contribution in [-0.2, 0) is 14.3 Å². The molecule has 3 aromatic carbocycles. The Bertz CT molecular complexity index is 1550. The molecule has 0 radical (unpaired) electrons. The number of benzene rings is 3. The Balaban J connectivity index is 1.25. The molecule has 0 bridgehead atoms. The summed E-state index contributed by atoms with van der Waals surface area (Å²) in [4.78, 5) is 27.0. The van der Waals surface area contributed by atoms with Crippen molar-refractivity contribution in [2.45, 2.75) is 38.4 Å². The van der Waals surface area contributed by atoms with E-state index >= 15 is 0 Å². The number of hydrogen-bond acceptors (Lipinski definition) is 6. The van der Waals surface area contributed by atoms with Crippen molar-refractivity contribution in [1.29, 1.82) is 0 Å². The van der Waals surface area contributed by atoms with Crippen molar-refractivity contribution in [1.82, 2.24) is 0 Å². The summed E-state index contributed by atoms with van der Waals surface area (Å²) in [6, 6.07) is 22.6. The van der Waals surface area contributed by atoms with Gasteiger partial charge in [0.05, 0.1) is 24.4 Å². The van der Waals surface area contributed by atoms with Crippen molar-refractivity contribution in [3.05, 3.63) is 94.7 Å². The summed E-state index contributed by atoms with van der Waals surface area (Å²) in [5, 5.41) is 0.643. The van der Waals surface area contributed by atoms with E-state index < -0.39 is 5.97 Å². The van der Waals surface area contributed by atoms with Crippen LogP contribution in [0.3, 0.4) is 0 Å². The number of Topliss-reactive ketones (excluding diaryl/α,β-unsaturated/α-hetero) is 1. The number of carbonyl (C=O) groups is 2. The van der Waals surface area contributed by atoms with Gasteiger partial charge in [0.25, 0.3) is 0 Å². The van der Waals surface area contributed by atoms with Gasteiger partial charge in [0.1, 0.15) is 34.9 Å². The van der Waals surface area contributed by atoms with Gasteiger partial charge in [-0.3, -0.25) is 4.79 Å². The van der Waals surface area contributed by atoms with Gasteiger partial charge in [0.15, 0.2) is 5.78 Å². The van der Waals surface area contributed by atoms with Crippen LogP contribution in [0.25, 0.3) is 27.9 Å². The van der Waals surface area contributed by atoms with E-state index in [1.807, 2.05) is 79.7 Å². The summed E-state index contributed by atoms with van der Waals surface area (Å²) in [5.74, 6) is 0.477. The first-order chi connectivity index (χ1) is 19.0. The molecule has 6 rings (SSSR count). The number of ether oxygens (including phenoxy) is 3. The van der Waals surface area contributed by atoms with Crippen LogP contribution in [0, 0.1) is 5.92 Å². The van der Waals surface area contributed by atoms with Crippen LogP contribution in [0.15, 0.2) is 87.9 Å². The molecule has 2 heterocycles. The van der Waals surface area contributed by atoms with Crippen LogP contribution in [-0.4, -0.2) is 30.6 Å². The van der Waals surface area contributed by atoms with Crippen LogP contribution in [0.5, 0.6) is 5.75 Å². The highest BCUT2D eigenvalue weighted by Crippen LogP contribution is 2.40. The van der Waals surface area contributed by atoms with E-state index in [0.717, 1.165) is 15.6 Å². The van der Waals surface area contributed by atoms with Crippen molar-refractivity contribution >= 4 is 44.2 Å². The number of carbonyl (C=O) groups excluding carboxylic acids is 2. The Kier molecular flexibility index (Phi) is 7.00. The third-order valence-corrected chi connectivity index (χ3v) is 7.87. The van der Waals surface area contributed by atoms with E-state index in [-0.39, 0.29) is 23.9 Å². The molecule has 0 N–H and O–H groups in total.